The minimum atomic E-state index is -0.573. The highest BCUT2D eigenvalue weighted by Crippen LogP contribution is 2.36. The Morgan fingerprint density at radius 3 is 2.59 bits per heavy atom. The van der Waals surface area contributed by atoms with Gasteiger partial charge in [-0.05, 0) is 29.8 Å². The Morgan fingerprint density at radius 1 is 1.12 bits per heavy atom. The number of methoxy groups -OCH3 is 2. The number of allylic oxidation sites excluding steroid dienone is 1. The fraction of sp³-hybridized carbons (Fsp3) is 0.179. The molecule has 11 nitrogen and oxygen atoms in total. The molecule has 1 aliphatic rings. The normalized spacial score (nSPS) is 14.8. The predicted molar refractivity (Wildman–Crippen MR) is 158 cm³/mol. The van der Waals surface area contributed by atoms with E-state index in [2.05, 4.69) is 37.5 Å². The van der Waals surface area contributed by atoms with Gasteiger partial charge in [0.2, 0.25) is 5.91 Å². The Kier molecular flexibility index (Phi) is 9.91. The van der Waals surface area contributed by atoms with Crippen molar-refractivity contribution in [1.82, 2.24) is 20.3 Å². The molecule has 0 spiro atoms. The van der Waals surface area contributed by atoms with E-state index in [9.17, 15) is 9.59 Å². The highest BCUT2D eigenvalue weighted by molar-refractivity contribution is 6.36. The Hall–Kier alpha value is -4.45. The number of aromatic nitrogens is 3. The molecular weight excluding hydrogens is 569 g/mol. The molecule has 3 amide bonds. The van der Waals surface area contributed by atoms with Crippen molar-refractivity contribution in [3.8, 4) is 0 Å². The van der Waals surface area contributed by atoms with Crippen LogP contribution < -0.4 is 20.9 Å². The SMILES string of the molecule is C=CC(=O)Nc1ccccc1Nc1cc(N(Cc2cccnc2)C(=O)NC2=C(Cl)C(OC)CC(OC)=C2Cl)ncn1. The van der Waals surface area contributed by atoms with Crippen LogP contribution in [-0.2, 0) is 20.8 Å². The maximum atomic E-state index is 13.8. The van der Waals surface area contributed by atoms with Gasteiger partial charge in [0.05, 0.1) is 35.8 Å². The number of anilines is 4. The summed E-state index contributed by atoms with van der Waals surface area (Å²) in [6, 6.07) is 11.7. The van der Waals surface area contributed by atoms with Gasteiger partial charge < -0.3 is 25.4 Å². The molecule has 0 saturated heterocycles. The van der Waals surface area contributed by atoms with E-state index < -0.39 is 12.1 Å². The molecule has 2 heterocycles. The zero-order valence-electron chi connectivity index (χ0n) is 22.2. The van der Waals surface area contributed by atoms with Crippen molar-refractivity contribution < 1.29 is 19.1 Å². The molecule has 212 valence electrons. The summed E-state index contributed by atoms with van der Waals surface area (Å²) in [7, 11) is 2.98. The number of urea groups is 1. The van der Waals surface area contributed by atoms with E-state index in [0.717, 1.165) is 5.56 Å². The second-order valence-electron chi connectivity index (χ2n) is 8.60. The van der Waals surface area contributed by atoms with Crippen LogP contribution in [0, 0.1) is 0 Å². The van der Waals surface area contributed by atoms with Crippen LogP contribution >= 0.6 is 23.2 Å². The average molecular weight is 596 g/mol. The largest absolute Gasteiger partial charge is 0.499 e. The van der Waals surface area contributed by atoms with Gasteiger partial charge in [-0.25, -0.2) is 14.8 Å². The summed E-state index contributed by atoms with van der Waals surface area (Å²) in [4.78, 5) is 39.8. The van der Waals surface area contributed by atoms with Gasteiger partial charge in [0.15, 0.2) is 0 Å². The summed E-state index contributed by atoms with van der Waals surface area (Å²) < 4.78 is 10.8. The van der Waals surface area contributed by atoms with Crippen LogP contribution in [-0.4, -0.2) is 47.2 Å². The molecule has 4 rings (SSSR count). The van der Waals surface area contributed by atoms with Crippen LogP contribution in [0.5, 0.6) is 0 Å². The van der Waals surface area contributed by atoms with Crippen molar-refractivity contribution in [3.05, 3.63) is 101 Å². The first kappa shape index (κ1) is 29.5. The Morgan fingerprint density at radius 2 is 1.90 bits per heavy atom. The van der Waals surface area contributed by atoms with E-state index in [0.29, 0.717) is 29.4 Å². The highest BCUT2D eigenvalue weighted by atomic mass is 35.5. The van der Waals surface area contributed by atoms with Crippen LogP contribution in [0.15, 0.2) is 95.4 Å². The van der Waals surface area contributed by atoms with Crippen molar-refractivity contribution >= 4 is 58.2 Å². The summed E-state index contributed by atoms with van der Waals surface area (Å²) in [5, 5.41) is 9.10. The van der Waals surface area contributed by atoms with Gasteiger partial charge in [-0.15, -0.1) is 0 Å². The van der Waals surface area contributed by atoms with Gasteiger partial charge in [0.1, 0.15) is 34.9 Å². The fourth-order valence-electron chi connectivity index (χ4n) is 3.92. The van der Waals surface area contributed by atoms with E-state index in [1.165, 1.54) is 31.5 Å². The molecule has 1 atom stereocenters. The molecule has 13 heteroatoms. The molecule has 3 aromatic rings. The Labute approximate surface area is 246 Å². The van der Waals surface area contributed by atoms with E-state index in [1.54, 1.807) is 48.8 Å². The molecule has 0 bridgehead atoms. The minimum Gasteiger partial charge on any atom is -0.499 e. The van der Waals surface area contributed by atoms with Crippen molar-refractivity contribution in [2.75, 3.05) is 29.8 Å². The summed E-state index contributed by atoms with van der Waals surface area (Å²) in [6.07, 6.45) is 5.54. The number of hydrogen-bond acceptors (Lipinski definition) is 8. The standard InChI is InChI=1S/C28H27Cl2N7O4/c1-4-24(38)35-19-10-6-5-9-18(19)34-22-13-23(33-16-32-22)37(15-17-8-7-11-31-14-17)28(39)36-27-25(29)20(40-2)12-21(41-3)26(27)30/h4-11,13-14,16,20H,1,12,15H2,2-3H3,(H,35,38)(H,36,39)(H,32,33,34). The third-order valence-electron chi connectivity index (χ3n) is 5.99. The minimum absolute atomic E-state index is 0.110. The zero-order chi connectivity index (χ0) is 29.4. The molecule has 1 unspecified atom stereocenters. The first-order valence-electron chi connectivity index (χ1n) is 12.3. The summed E-state index contributed by atoms with van der Waals surface area (Å²) in [6.45, 7) is 3.59. The number of para-hydroxylation sites is 2. The number of nitrogens with zero attached hydrogens (tertiary/aromatic N) is 4. The second-order valence-corrected chi connectivity index (χ2v) is 9.38. The second kappa shape index (κ2) is 13.8. The number of benzene rings is 1. The highest BCUT2D eigenvalue weighted by Gasteiger charge is 2.31. The molecule has 1 aliphatic carbocycles. The number of ether oxygens (including phenoxy) is 2. The lowest BCUT2D eigenvalue weighted by Gasteiger charge is -2.28. The van der Waals surface area contributed by atoms with Crippen LogP contribution in [0.3, 0.4) is 0 Å². The van der Waals surface area contributed by atoms with Gasteiger partial charge in [-0.3, -0.25) is 14.7 Å². The molecule has 0 radical (unpaired) electrons. The predicted octanol–water partition coefficient (Wildman–Crippen LogP) is 5.42. The van der Waals surface area contributed by atoms with Crippen molar-refractivity contribution in [2.24, 2.45) is 0 Å². The van der Waals surface area contributed by atoms with Gasteiger partial charge >= 0.3 is 6.03 Å². The third-order valence-corrected chi connectivity index (χ3v) is 6.82. The number of pyridine rings is 1. The topological polar surface area (TPSA) is 131 Å². The Balaban J connectivity index is 1.67. The molecule has 1 aromatic carbocycles. The van der Waals surface area contributed by atoms with Crippen LogP contribution in [0.4, 0.5) is 27.8 Å². The molecule has 41 heavy (non-hydrogen) atoms. The van der Waals surface area contributed by atoms with E-state index in [-0.39, 0.29) is 34.0 Å². The first-order chi connectivity index (χ1) is 19.8. The lowest BCUT2D eigenvalue weighted by atomic mass is 10.1. The van der Waals surface area contributed by atoms with Gasteiger partial charge in [-0.1, -0.05) is 48.0 Å². The van der Waals surface area contributed by atoms with Gasteiger partial charge in [0, 0.05) is 32.0 Å². The summed E-state index contributed by atoms with van der Waals surface area (Å²) in [5.41, 5.74) is 2.00. The monoisotopic (exact) mass is 595 g/mol. The molecular formula is C28H27Cl2N7O4. The van der Waals surface area contributed by atoms with E-state index >= 15 is 0 Å². The van der Waals surface area contributed by atoms with Crippen LogP contribution in [0.1, 0.15) is 12.0 Å². The molecule has 2 aromatic heterocycles. The van der Waals surface area contributed by atoms with Gasteiger partial charge in [-0.2, -0.15) is 0 Å². The first-order valence-corrected chi connectivity index (χ1v) is 13.0. The van der Waals surface area contributed by atoms with Crippen molar-refractivity contribution in [3.63, 3.8) is 0 Å². The number of nitrogens with one attached hydrogen (secondary N) is 3. The summed E-state index contributed by atoms with van der Waals surface area (Å²) >= 11 is 13.1. The average Bonchev–Trinajstić information content (AvgIpc) is 2.99. The molecule has 0 fully saturated rings. The fourth-order valence-corrected chi connectivity index (χ4v) is 4.58. The van der Waals surface area contributed by atoms with Crippen molar-refractivity contribution in [1.29, 1.82) is 0 Å². The number of carbonyl (C=O) groups is 2. The lowest BCUT2D eigenvalue weighted by Crippen LogP contribution is -2.41. The van der Waals surface area contributed by atoms with E-state index in [1.807, 2.05) is 6.07 Å². The zero-order valence-corrected chi connectivity index (χ0v) is 23.7. The number of hydrogen-bond donors (Lipinski definition) is 3. The smallest absolute Gasteiger partial charge is 0.327 e. The number of carbonyl (C=O) groups excluding carboxylic acids is 2. The molecule has 3 N–H and O–H groups in total. The molecule has 0 aliphatic heterocycles. The number of rotatable bonds is 10. The summed E-state index contributed by atoms with van der Waals surface area (Å²) in [5.74, 6) is 0.693. The van der Waals surface area contributed by atoms with Crippen molar-refractivity contribution in [2.45, 2.75) is 19.1 Å². The number of amides is 3. The maximum Gasteiger partial charge on any atom is 0.327 e. The van der Waals surface area contributed by atoms with Gasteiger partial charge in [0.25, 0.3) is 0 Å². The molecule has 0 saturated carbocycles. The van der Waals surface area contributed by atoms with E-state index in [4.69, 9.17) is 32.7 Å². The quantitative estimate of drug-likeness (QED) is 0.265. The third kappa shape index (κ3) is 7.20. The lowest BCUT2D eigenvalue weighted by molar-refractivity contribution is -0.111. The van der Waals surface area contributed by atoms with Crippen LogP contribution in [0.25, 0.3) is 0 Å². The Bertz CT molecular complexity index is 1500. The maximum absolute atomic E-state index is 13.8. The van der Waals surface area contributed by atoms with Crippen LogP contribution in [0.2, 0.25) is 0 Å². The number of halogens is 2.